The first kappa shape index (κ1) is 8.31. The van der Waals surface area contributed by atoms with Crippen molar-refractivity contribution in [3.8, 4) is 0 Å². The van der Waals surface area contributed by atoms with Crippen LogP contribution in [0.1, 0.15) is 0 Å². The van der Waals surface area contributed by atoms with Crippen molar-refractivity contribution in [1.82, 2.24) is 9.97 Å². The summed E-state index contributed by atoms with van der Waals surface area (Å²) in [5.41, 5.74) is 0.701. The van der Waals surface area contributed by atoms with Gasteiger partial charge in [0.1, 0.15) is 16.5 Å². The summed E-state index contributed by atoms with van der Waals surface area (Å²) in [6.07, 6.45) is 1.64. The average molecular weight is 200 g/mol. The van der Waals surface area contributed by atoms with Gasteiger partial charge in [-0.25, -0.2) is 4.98 Å². The van der Waals surface area contributed by atoms with Crippen molar-refractivity contribution < 1.29 is 10.4 Å². The molecule has 2 rings (SSSR count). The third-order valence-electron chi connectivity index (χ3n) is 1.69. The van der Waals surface area contributed by atoms with E-state index in [0.29, 0.717) is 11.0 Å². The monoisotopic (exact) mass is 199 g/mol. The highest BCUT2D eigenvalue weighted by atomic mass is 35.5. The zero-order chi connectivity index (χ0) is 9.42. The van der Waals surface area contributed by atoms with Crippen LogP contribution < -0.4 is 5.23 Å². The summed E-state index contributed by atoms with van der Waals surface area (Å²) in [5, 5.41) is 18.5. The van der Waals surface area contributed by atoms with Gasteiger partial charge in [-0.3, -0.25) is 10.4 Å². The Morgan fingerprint density at radius 1 is 1.46 bits per heavy atom. The minimum absolute atomic E-state index is 0.0176. The Labute approximate surface area is 78.1 Å². The van der Waals surface area contributed by atoms with Crippen molar-refractivity contribution in [1.29, 1.82) is 0 Å². The van der Waals surface area contributed by atoms with Crippen LogP contribution in [0.15, 0.2) is 18.3 Å². The maximum Gasteiger partial charge on any atom is 0.141 e. The number of hydrogen-bond donors (Lipinski definition) is 3. The Morgan fingerprint density at radius 3 is 2.92 bits per heavy atom. The first-order valence-corrected chi connectivity index (χ1v) is 3.88. The smallest absolute Gasteiger partial charge is 0.141 e. The standard InChI is InChI=1S/C7H6ClN3O2/c8-6-3-5(11(12)13)4-1-2-9-7(4)10-6/h1-3,12-13H,(H,9,10). The van der Waals surface area contributed by atoms with Gasteiger partial charge in [0.05, 0.1) is 0 Å². The van der Waals surface area contributed by atoms with Crippen LogP contribution in [0.25, 0.3) is 11.0 Å². The molecule has 2 aromatic rings. The molecule has 0 aliphatic carbocycles. The number of hydrogen-bond acceptors (Lipinski definition) is 4. The van der Waals surface area contributed by atoms with Crippen molar-refractivity contribution in [2.75, 3.05) is 5.23 Å². The lowest BCUT2D eigenvalue weighted by Gasteiger charge is -2.08. The highest BCUT2D eigenvalue weighted by Gasteiger charge is 2.09. The predicted molar refractivity (Wildman–Crippen MR) is 47.2 cm³/mol. The average Bonchev–Trinajstić information content (AvgIpc) is 2.49. The molecule has 3 N–H and O–H groups in total. The van der Waals surface area contributed by atoms with E-state index in [1.54, 1.807) is 12.3 Å². The van der Waals surface area contributed by atoms with E-state index in [1.165, 1.54) is 6.07 Å². The number of rotatable bonds is 1. The van der Waals surface area contributed by atoms with Gasteiger partial charge in [0.25, 0.3) is 0 Å². The zero-order valence-corrected chi connectivity index (χ0v) is 7.15. The van der Waals surface area contributed by atoms with Crippen LogP contribution in [-0.4, -0.2) is 20.4 Å². The van der Waals surface area contributed by atoms with E-state index in [1.807, 2.05) is 0 Å². The van der Waals surface area contributed by atoms with Gasteiger partial charge in [0.2, 0.25) is 0 Å². The van der Waals surface area contributed by atoms with Crippen molar-refractivity contribution in [3.05, 3.63) is 23.5 Å². The fraction of sp³-hybridized carbons (Fsp3) is 0. The number of pyridine rings is 1. The lowest BCUT2D eigenvalue weighted by molar-refractivity contribution is 0.0299. The molecule has 2 aromatic heterocycles. The van der Waals surface area contributed by atoms with Crippen LogP contribution in [0.3, 0.4) is 0 Å². The van der Waals surface area contributed by atoms with Gasteiger partial charge in [0.15, 0.2) is 0 Å². The SMILES string of the molecule is ON(O)c1cc(Cl)nc2[nH]ccc12. The summed E-state index contributed by atoms with van der Waals surface area (Å²) >= 11 is 5.64. The molecule has 0 aliphatic rings. The van der Waals surface area contributed by atoms with E-state index in [-0.39, 0.29) is 16.1 Å². The van der Waals surface area contributed by atoms with Crippen molar-refractivity contribution in [2.24, 2.45) is 0 Å². The number of aromatic amines is 1. The van der Waals surface area contributed by atoms with E-state index in [0.717, 1.165) is 0 Å². The fourth-order valence-electron chi connectivity index (χ4n) is 1.15. The highest BCUT2D eigenvalue weighted by Crippen LogP contribution is 2.25. The third kappa shape index (κ3) is 1.33. The summed E-state index contributed by atoms with van der Waals surface area (Å²) in [6.45, 7) is 0. The topological polar surface area (TPSA) is 72.4 Å². The molecule has 0 aromatic carbocycles. The van der Waals surface area contributed by atoms with Gasteiger partial charge in [-0.15, -0.1) is 5.23 Å². The van der Waals surface area contributed by atoms with Crippen molar-refractivity contribution >= 4 is 28.3 Å². The molecule has 0 bridgehead atoms. The van der Waals surface area contributed by atoms with Gasteiger partial charge in [-0.1, -0.05) is 11.6 Å². The molecule has 0 spiro atoms. The molecule has 5 nitrogen and oxygen atoms in total. The number of nitrogens with one attached hydrogen (secondary N) is 1. The maximum absolute atomic E-state index is 8.85. The number of anilines is 1. The first-order chi connectivity index (χ1) is 6.18. The summed E-state index contributed by atoms with van der Waals surface area (Å²) in [4.78, 5) is 6.75. The largest absolute Gasteiger partial charge is 0.346 e. The number of nitrogens with zero attached hydrogens (tertiary/aromatic N) is 2. The molecular formula is C7H6ClN3O2. The normalized spacial score (nSPS) is 10.7. The number of H-pyrrole nitrogens is 1. The molecule has 0 unspecified atom stereocenters. The van der Waals surface area contributed by atoms with E-state index >= 15 is 0 Å². The van der Waals surface area contributed by atoms with Gasteiger partial charge in [0, 0.05) is 17.6 Å². The number of halogens is 1. The van der Waals surface area contributed by atoms with Gasteiger partial charge in [-0.2, -0.15) is 0 Å². The molecule has 0 amide bonds. The Bertz CT molecular complexity index is 440. The summed E-state index contributed by atoms with van der Waals surface area (Å²) in [5.74, 6) is 0. The van der Waals surface area contributed by atoms with Crippen molar-refractivity contribution in [3.63, 3.8) is 0 Å². The lowest BCUT2D eigenvalue weighted by atomic mass is 10.3. The van der Waals surface area contributed by atoms with Crippen LogP contribution in [0.5, 0.6) is 0 Å². The van der Waals surface area contributed by atoms with E-state index < -0.39 is 0 Å². The maximum atomic E-state index is 8.85. The Hall–Kier alpha value is -1.30. The van der Waals surface area contributed by atoms with Crippen LogP contribution >= 0.6 is 11.6 Å². The predicted octanol–water partition coefficient (Wildman–Crippen LogP) is 1.80. The molecule has 13 heavy (non-hydrogen) atoms. The minimum Gasteiger partial charge on any atom is -0.346 e. The Kier molecular flexibility index (Phi) is 1.84. The molecule has 0 saturated heterocycles. The minimum atomic E-state index is 0.0176. The molecule has 0 atom stereocenters. The quantitative estimate of drug-likeness (QED) is 0.484. The van der Waals surface area contributed by atoms with Gasteiger partial charge >= 0.3 is 0 Å². The summed E-state index contributed by atoms with van der Waals surface area (Å²) in [7, 11) is 0. The van der Waals surface area contributed by atoms with Crippen LogP contribution in [0, 0.1) is 0 Å². The number of aromatic nitrogens is 2. The van der Waals surface area contributed by atoms with E-state index in [9.17, 15) is 0 Å². The zero-order valence-electron chi connectivity index (χ0n) is 6.40. The van der Waals surface area contributed by atoms with E-state index in [4.69, 9.17) is 22.0 Å². The summed E-state index contributed by atoms with van der Waals surface area (Å²) in [6, 6.07) is 3.03. The second-order valence-electron chi connectivity index (χ2n) is 2.49. The van der Waals surface area contributed by atoms with Crippen LogP contribution in [0.2, 0.25) is 5.15 Å². The summed E-state index contributed by atoms with van der Waals surface area (Å²) < 4.78 is 0. The lowest BCUT2D eigenvalue weighted by Crippen LogP contribution is -2.11. The molecule has 0 fully saturated rings. The molecule has 68 valence electrons. The first-order valence-electron chi connectivity index (χ1n) is 3.50. The molecule has 0 radical (unpaired) electrons. The van der Waals surface area contributed by atoms with Crippen LogP contribution in [-0.2, 0) is 0 Å². The third-order valence-corrected chi connectivity index (χ3v) is 1.88. The fourth-order valence-corrected chi connectivity index (χ4v) is 1.34. The molecule has 6 heteroatoms. The number of fused-ring (bicyclic) bond motifs is 1. The molecule has 2 heterocycles. The van der Waals surface area contributed by atoms with Gasteiger partial charge in [-0.05, 0) is 6.07 Å². The second kappa shape index (κ2) is 2.88. The highest BCUT2D eigenvalue weighted by molar-refractivity contribution is 6.30. The second-order valence-corrected chi connectivity index (χ2v) is 2.88. The van der Waals surface area contributed by atoms with E-state index in [2.05, 4.69) is 9.97 Å². The van der Waals surface area contributed by atoms with Gasteiger partial charge < -0.3 is 4.98 Å². The Morgan fingerprint density at radius 2 is 2.23 bits per heavy atom. The molecule has 0 aliphatic heterocycles. The molecule has 0 saturated carbocycles. The Balaban J connectivity index is 2.77. The van der Waals surface area contributed by atoms with Crippen molar-refractivity contribution in [2.45, 2.75) is 0 Å². The van der Waals surface area contributed by atoms with Crippen LogP contribution in [0.4, 0.5) is 5.69 Å². The molecular weight excluding hydrogens is 194 g/mol.